The highest BCUT2D eigenvalue weighted by Gasteiger charge is 2.20. The van der Waals surface area contributed by atoms with Crippen molar-refractivity contribution in [2.24, 2.45) is 0 Å². The van der Waals surface area contributed by atoms with Crippen molar-refractivity contribution in [3.05, 3.63) is 99.4 Å². The van der Waals surface area contributed by atoms with Gasteiger partial charge in [-0.05, 0) is 48.2 Å². The lowest BCUT2D eigenvalue weighted by atomic mass is 9.94. The van der Waals surface area contributed by atoms with E-state index >= 15 is 0 Å². The van der Waals surface area contributed by atoms with Gasteiger partial charge in [0.2, 0.25) is 0 Å². The summed E-state index contributed by atoms with van der Waals surface area (Å²) < 4.78 is 13.5. The van der Waals surface area contributed by atoms with Crippen LogP contribution in [0.4, 0.5) is 10.1 Å². The molecule has 4 nitrogen and oxygen atoms in total. The number of nitro benzene ring substituents is 1. The maximum Gasteiger partial charge on any atom is 0.277 e. The molecule has 0 heterocycles. The highest BCUT2D eigenvalue weighted by atomic mass is 19.1. The Balaban J connectivity index is 1.95. The first kappa shape index (κ1) is 18.7. The molecule has 3 aromatic rings. The number of nitro groups is 1. The Morgan fingerprint density at radius 2 is 1.81 bits per heavy atom. The second-order valence-corrected chi connectivity index (χ2v) is 6.54. The number of nitrogens with one attached hydrogen (secondary N) is 1. The monoisotopic (exact) mass is 364 g/mol. The maximum absolute atomic E-state index is 13.5. The maximum atomic E-state index is 13.5. The van der Waals surface area contributed by atoms with Crippen molar-refractivity contribution in [2.45, 2.75) is 26.4 Å². The van der Waals surface area contributed by atoms with Crippen LogP contribution in [0.1, 0.15) is 29.7 Å². The van der Waals surface area contributed by atoms with Gasteiger partial charge in [-0.25, -0.2) is 4.39 Å². The molecule has 0 spiro atoms. The molecule has 0 aliphatic carbocycles. The average Bonchev–Trinajstić information content (AvgIpc) is 2.66. The van der Waals surface area contributed by atoms with E-state index in [2.05, 4.69) is 5.32 Å². The van der Waals surface area contributed by atoms with E-state index in [1.54, 1.807) is 12.1 Å². The molecule has 0 amide bonds. The molecule has 138 valence electrons. The van der Waals surface area contributed by atoms with Crippen LogP contribution in [0.25, 0.3) is 11.1 Å². The first-order chi connectivity index (χ1) is 13.0. The molecular weight excluding hydrogens is 343 g/mol. The number of nitrogens with zero attached hydrogens (tertiary/aromatic N) is 1. The van der Waals surface area contributed by atoms with Crippen LogP contribution in [-0.4, -0.2) is 4.92 Å². The van der Waals surface area contributed by atoms with Crippen LogP contribution < -0.4 is 5.32 Å². The molecule has 0 aromatic heterocycles. The fraction of sp³-hybridized carbons (Fsp3) is 0.182. The molecule has 0 fully saturated rings. The molecule has 0 radical (unpaired) electrons. The summed E-state index contributed by atoms with van der Waals surface area (Å²) >= 11 is 0. The molecule has 0 saturated carbocycles. The molecule has 1 atom stereocenters. The average molecular weight is 364 g/mol. The lowest BCUT2D eigenvalue weighted by Gasteiger charge is -2.17. The molecule has 0 bridgehead atoms. The van der Waals surface area contributed by atoms with Crippen LogP contribution in [0, 0.1) is 22.9 Å². The van der Waals surface area contributed by atoms with Crippen LogP contribution in [0.2, 0.25) is 0 Å². The Morgan fingerprint density at radius 1 is 1.07 bits per heavy atom. The van der Waals surface area contributed by atoms with Crippen LogP contribution in [0.15, 0.2) is 66.7 Å². The number of aryl methyl sites for hydroxylation is 1. The summed E-state index contributed by atoms with van der Waals surface area (Å²) in [6, 6.07) is 19.1. The Labute approximate surface area is 157 Å². The first-order valence-corrected chi connectivity index (χ1v) is 8.78. The lowest BCUT2D eigenvalue weighted by molar-refractivity contribution is -0.384. The van der Waals surface area contributed by atoms with Crippen LogP contribution in [0.3, 0.4) is 0 Å². The molecule has 3 aromatic carbocycles. The van der Waals surface area contributed by atoms with Crippen molar-refractivity contribution >= 4 is 5.69 Å². The summed E-state index contributed by atoms with van der Waals surface area (Å²) in [5, 5.41) is 14.9. The van der Waals surface area contributed by atoms with E-state index < -0.39 is 0 Å². The largest absolute Gasteiger partial charge is 0.306 e. The SMILES string of the molecule is Cc1ccccc1-c1c(CN[C@H](C)c2cccc(F)c2)cccc1[N+](=O)[O-]. The van der Waals surface area contributed by atoms with E-state index in [1.165, 1.54) is 18.2 Å². The Kier molecular flexibility index (Phi) is 5.62. The van der Waals surface area contributed by atoms with Gasteiger partial charge in [-0.3, -0.25) is 10.1 Å². The Morgan fingerprint density at radius 3 is 2.52 bits per heavy atom. The topological polar surface area (TPSA) is 55.2 Å². The predicted molar refractivity (Wildman–Crippen MR) is 105 cm³/mol. The summed E-state index contributed by atoms with van der Waals surface area (Å²) in [4.78, 5) is 11.3. The molecular formula is C22H21FN2O2. The van der Waals surface area contributed by atoms with Gasteiger partial charge in [0.15, 0.2) is 0 Å². The van der Waals surface area contributed by atoms with E-state index in [-0.39, 0.29) is 22.5 Å². The van der Waals surface area contributed by atoms with Gasteiger partial charge in [0, 0.05) is 18.7 Å². The van der Waals surface area contributed by atoms with Gasteiger partial charge in [0.05, 0.1) is 10.5 Å². The van der Waals surface area contributed by atoms with Gasteiger partial charge in [0.25, 0.3) is 5.69 Å². The smallest absolute Gasteiger partial charge is 0.277 e. The summed E-state index contributed by atoms with van der Waals surface area (Å²) in [6.45, 7) is 4.32. The lowest BCUT2D eigenvalue weighted by Crippen LogP contribution is -2.19. The quantitative estimate of drug-likeness (QED) is 0.460. The van der Waals surface area contributed by atoms with Gasteiger partial charge in [-0.15, -0.1) is 0 Å². The van der Waals surface area contributed by atoms with Crippen LogP contribution in [0.5, 0.6) is 0 Å². The second kappa shape index (κ2) is 8.10. The van der Waals surface area contributed by atoms with Gasteiger partial charge >= 0.3 is 0 Å². The number of benzene rings is 3. The predicted octanol–water partition coefficient (Wildman–Crippen LogP) is 5.56. The minimum Gasteiger partial charge on any atom is -0.306 e. The Bertz CT molecular complexity index is 972. The molecule has 0 aliphatic heterocycles. The summed E-state index contributed by atoms with van der Waals surface area (Å²) in [5.41, 5.74) is 4.20. The van der Waals surface area contributed by atoms with Gasteiger partial charge in [-0.2, -0.15) is 0 Å². The molecule has 3 rings (SSSR count). The molecule has 1 N–H and O–H groups in total. The zero-order valence-corrected chi connectivity index (χ0v) is 15.3. The first-order valence-electron chi connectivity index (χ1n) is 8.78. The van der Waals surface area contributed by atoms with Crippen molar-refractivity contribution < 1.29 is 9.31 Å². The Hall–Kier alpha value is -3.05. The van der Waals surface area contributed by atoms with Crippen LogP contribution in [-0.2, 0) is 6.54 Å². The number of rotatable bonds is 6. The molecule has 0 saturated heterocycles. The zero-order valence-electron chi connectivity index (χ0n) is 15.3. The number of halogens is 1. The fourth-order valence-corrected chi connectivity index (χ4v) is 3.21. The third-order valence-electron chi connectivity index (χ3n) is 4.69. The number of hydrogen-bond donors (Lipinski definition) is 1. The summed E-state index contributed by atoms with van der Waals surface area (Å²) in [7, 11) is 0. The molecule has 0 unspecified atom stereocenters. The minimum absolute atomic E-state index is 0.0852. The van der Waals surface area contributed by atoms with Gasteiger partial charge < -0.3 is 5.32 Å². The van der Waals surface area contributed by atoms with E-state index in [9.17, 15) is 14.5 Å². The van der Waals surface area contributed by atoms with Crippen molar-refractivity contribution in [1.29, 1.82) is 0 Å². The van der Waals surface area contributed by atoms with E-state index in [4.69, 9.17) is 0 Å². The molecule has 27 heavy (non-hydrogen) atoms. The highest BCUT2D eigenvalue weighted by Crippen LogP contribution is 2.35. The highest BCUT2D eigenvalue weighted by molar-refractivity contribution is 5.79. The standard InChI is InChI=1S/C22H21FN2O2/c1-15-7-3-4-11-20(15)22-18(9-6-12-21(22)25(26)27)14-24-16(2)17-8-5-10-19(23)13-17/h3-13,16,24H,14H2,1-2H3/t16-/m1/s1. The normalized spacial score (nSPS) is 12.0. The molecule has 5 heteroatoms. The van der Waals surface area contributed by atoms with Crippen LogP contribution >= 0.6 is 0 Å². The number of hydrogen-bond acceptors (Lipinski definition) is 3. The van der Waals surface area contributed by atoms with Crippen molar-refractivity contribution in [1.82, 2.24) is 5.32 Å². The van der Waals surface area contributed by atoms with E-state index in [0.29, 0.717) is 12.1 Å². The third-order valence-corrected chi connectivity index (χ3v) is 4.69. The van der Waals surface area contributed by atoms with Crippen molar-refractivity contribution in [3.8, 4) is 11.1 Å². The zero-order chi connectivity index (χ0) is 19.4. The summed E-state index contributed by atoms with van der Waals surface area (Å²) in [6.07, 6.45) is 0. The van der Waals surface area contributed by atoms with Crippen molar-refractivity contribution in [3.63, 3.8) is 0 Å². The molecule has 0 aliphatic rings. The van der Waals surface area contributed by atoms with E-state index in [0.717, 1.165) is 22.3 Å². The van der Waals surface area contributed by atoms with E-state index in [1.807, 2.05) is 50.2 Å². The second-order valence-electron chi connectivity index (χ2n) is 6.54. The van der Waals surface area contributed by atoms with Crippen molar-refractivity contribution in [2.75, 3.05) is 0 Å². The summed E-state index contributed by atoms with van der Waals surface area (Å²) in [5.74, 6) is -0.280. The van der Waals surface area contributed by atoms with Gasteiger partial charge in [0.1, 0.15) is 5.82 Å². The minimum atomic E-state index is -0.346. The fourth-order valence-electron chi connectivity index (χ4n) is 3.21. The van der Waals surface area contributed by atoms with Gasteiger partial charge in [-0.1, -0.05) is 48.5 Å². The third kappa shape index (κ3) is 4.20.